The lowest BCUT2D eigenvalue weighted by Crippen LogP contribution is -1.88. The van der Waals surface area contributed by atoms with Crippen molar-refractivity contribution in [3.05, 3.63) is 54.6 Å². The Morgan fingerprint density at radius 1 is 0.950 bits per heavy atom. The van der Waals surface area contributed by atoms with Crippen molar-refractivity contribution in [1.82, 2.24) is 10.2 Å². The number of nitrogens with zero attached hydrogens (tertiary/aromatic N) is 2. The molecule has 0 amide bonds. The maximum atomic E-state index is 5.57. The predicted molar refractivity (Wildman–Crippen MR) is 76.0 cm³/mol. The first-order chi connectivity index (χ1) is 9.85. The molecule has 1 heterocycles. The highest BCUT2D eigenvalue weighted by Crippen LogP contribution is 2.23. The number of aromatic nitrogens is 2. The van der Waals surface area contributed by atoms with Crippen LogP contribution in [0.25, 0.3) is 11.5 Å². The lowest BCUT2D eigenvalue weighted by Gasteiger charge is -2.00. The van der Waals surface area contributed by atoms with Crippen LogP contribution in [0.5, 0.6) is 5.75 Å². The Bertz CT molecular complexity index is 678. The third kappa shape index (κ3) is 2.61. The van der Waals surface area contributed by atoms with E-state index in [1.54, 1.807) is 7.11 Å². The molecule has 0 aliphatic carbocycles. The summed E-state index contributed by atoms with van der Waals surface area (Å²) in [6, 6.07) is 17.5. The molecule has 0 bridgehead atoms. The van der Waals surface area contributed by atoms with E-state index in [4.69, 9.17) is 9.15 Å². The van der Waals surface area contributed by atoms with E-state index in [-0.39, 0.29) is 0 Å². The molecule has 0 aliphatic heterocycles. The van der Waals surface area contributed by atoms with Crippen LogP contribution in [0.4, 0.5) is 11.7 Å². The van der Waals surface area contributed by atoms with Gasteiger partial charge in [0, 0.05) is 11.3 Å². The van der Waals surface area contributed by atoms with Gasteiger partial charge < -0.3 is 14.5 Å². The molecule has 5 heteroatoms. The number of benzene rings is 2. The number of anilines is 2. The Kier molecular flexibility index (Phi) is 3.33. The molecule has 100 valence electrons. The second kappa shape index (κ2) is 5.44. The second-order valence-electron chi connectivity index (χ2n) is 4.13. The Hall–Kier alpha value is -2.82. The normalized spacial score (nSPS) is 10.2. The van der Waals surface area contributed by atoms with Crippen molar-refractivity contribution in [3.8, 4) is 17.2 Å². The van der Waals surface area contributed by atoms with E-state index in [0.717, 1.165) is 17.0 Å². The van der Waals surface area contributed by atoms with Crippen molar-refractivity contribution in [2.45, 2.75) is 0 Å². The van der Waals surface area contributed by atoms with Crippen molar-refractivity contribution >= 4 is 11.7 Å². The van der Waals surface area contributed by atoms with E-state index in [0.29, 0.717) is 11.9 Å². The van der Waals surface area contributed by atoms with Crippen molar-refractivity contribution in [1.29, 1.82) is 0 Å². The van der Waals surface area contributed by atoms with Gasteiger partial charge >= 0.3 is 6.01 Å². The van der Waals surface area contributed by atoms with Gasteiger partial charge in [-0.05, 0) is 36.4 Å². The summed E-state index contributed by atoms with van der Waals surface area (Å²) in [6.07, 6.45) is 0. The summed E-state index contributed by atoms with van der Waals surface area (Å²) in [4.78, 5) is 0. The van der Waals surface area contributed by atoms with E-state index in [1.807, 2.05) is 54.6 Å². The quantitative estimate of drug-likeness (QED) is 0.784. The molecule has 0 radical (unpaired) electrons. The van der Waals surface area contributed by atoms with Gasteiger partial charge in [-0.2, -0.15) is 0 Å². The standard InChI is InChI=1S/C15H13N3O2/c1-19-13-9-7-11(8-10-13)14-17-18-15(20-14)16-12-5-3-2-4-6-12/h2-10H,1H3,(H,16,18). The molecule has 0 unspecified atom stereocenters. The third-order valence-corrected chi connectivity index (χ3v) is 2.79. The molecular formula is C15H13N3O2. The van der Waals surface area contributed by atoms with Gasteiger partial charge in [-0.3, -0.25) is 0 Å². The summed E-state index contributed by atoms with van der Waals surface area (Å²) in [5.74, 6) is 1.25. The summed E-state index contributed by atoms with van der Waals surface area (Å²) >= 11 is 0. The largest absolute Gasteiger partial charge is 0.497 e. The molecule has 3 rings (SSSR count). The number of hydrogen-bond donors (Lipinski definition) is 1. The van der Waals surface area contributed by atoms with Crippen LogP contribution in [0.1, 0.15) is 0 Å². The molecule has 0 fully saturated rings. The van der Waals surface area contributed by atoms with Crippen molar-refractivity contribution in [2.75, 3.05) is 12.4 Å². The zero-order valence-electron chi connectivity index (χ0n) is 10.9. The van der Waals surface area contributed by atoms with Gasteiger partial charge in [-0.25, -0.2) is 0 Å². The number of methoxy groups -OCH3 is 1. The Morgan fingerprint density at radius 3 is 2.40 bits per heavy atom. The zero-order valence-corrected chi connectivity index (χ0v) is 10.9. The second-order valence-corrected chi connectivity index (χ2v) is 4.13. The summed E-state index contributed by atoms with van der Waals surface area (Å²) in [7, 11) is 1.63. The van der Waals surface area contributed by atoms with Crippen LogP contribution >= 0.6 is 0 Å². The lowest BCUT2D eigenvalue weighted by molar-refractivity contribution is 0.415. The molecule has 1 aromatic heterocycles. The molecule has 20 heavy (non-hydrogen) atoms. The first-order valence-electron chi connectivity index (χ1n) is 6.15. The fraction of sp³-hybridized carbons (Fsp3) is 0.0667. The average Bonchev–Trinajstić information content (AvgIpc) is 2.97. The highest BCUT2D eigenvalue weighted by atomic mass is 16.5. The minimum atomic E-state index is 0.363. The van der Waals surface area contributed by atoms with Gasteiger partial charge in [0.05, 0.1) is 7.11 Å². The Morgan fingerprint density at radius 2 is 1.70 bits per heavy atom. The first kappa shape index (κ1) is 12.2. The molecular weight excluding hydrogens is 254 g/mol. The van der Waals surface area contributed by atoms with Crippen LogP contribution in [-0.4, -0.2) is 17.3 Å². The maximum Gasteiger partial charge on any atom is 0.320 e. The van der Waals surface area contributed by atoms with Crippen LogP contribution in [0, 0.1) is 0 Å². The van der Waals surface area contributed by atoms with Crippen LogP contribution in [0.15, 0.2) is 59.0 Å². The topological polar surface area (TPSA) is 60.2 Å². The molecule has 1 N–H and O–H groups in total. The van der Waals surface area contributed by atoms with E-state index >= 15 is 0 Å². The van der Waals surface area contributed by atoms with Gasteiger partial charge in [-0.15, -0.1) is 5.10 Å². The van der Waals surface area contributed by atoms with Gasteiger partial charge in [-0.1, -0.05) is 23.3 Å². The molecule has 5 nitrogen and oxygen atoms in total. The number of ether oxygens (including phenoxy) is 1. The van der Waals surface area contributed by atoms with Crippen molar-refractivity contribution < 1.29 is 9.15 Å². The van der Waals surface area contributed by atoms with Gasteiger partial charge in [0.2, 0.25) is 5.89 Å². The monoisotopic (exact) mass is 267 g/mol. The number of rotatable bonds is 4. The fourth-order valence-electron chi connectivity index (χ4n) is 1.77. The highest BCUT2D eigenvalue weighted by Gasteiger charge is 2.08. The first-order valence-corrected chi connectivity index (χ1v) is 6.15. The van der Waals surface area contributed by atoms with Gasteiger partial charge in [0.1, 0.15) is 5.75 Å². The molecule has 0 spiro atoms. The van der Waals surface area contributed by atoms with Crippen LogP contribution < -0.4 is 10.1 Å². The molecule has 0 saturated carbocycles. The summed E-state index contributed by atoms with van der Waals surface area (Å²) in [5.41, 5.74) is 1.75. The number of hydrogen-bond acceptors (Lipinski definition) is 5. The van der Waals surface area contributed by atoms with Crippen LogP contribution in [0.2, 0.25) is 0 Å². The summed E-state index contributed by atoms with van der Waals surface area (Å²) in [5, 5.41) is 11.0. The SMILES string of the molecule is COc1ccc(-c2nnc(Nc3ccccc3)o2)cc1. The van der Waals surface area contributed by atoms with Gasteiger partial charge in [0.25, 0.3) is 0 Å². The third-order valence-electron chi connectivity index (χ3n) is 2.79. The Labute approximate surface area is 116 Å². The Balaban J connectivity index is 1.79. The summed E-state index contributed by atoms with van der Waals surface area (Å²) in [6.45, 7) is 0. The minimum Gasteiger partial charge on any atom is -0.497 e. The lowest BCUT2D eigenvalue weighted by atomic mass is 10.2. The van der Waals surface area contributed by atoms with E-state index in [9.17, 15) is 0 Å². The molecule has 0 aliphatic rings. The van der Waals surface area contributed by atoms with E-state index in [1.165, 1.54) is 0 Å². The minimum absolute atomic E-state index is 0.363. The summed E-state index contributed by atoms with van der Waals surface area (Å²) < 4.78 is 10.7. The zero-order chi connectivity index (χ0) is 13.8. The number of para-hydroxylation sites is 1. The molecule has 3 aromatic rings. The molecule has 0 saturated heterocycles. The van der Waals surface area contributed by atoms with E-state index in [2.05, 4.69) is 15.5 Å². The smallest absolute Gasteiger partial charge is 0.320 e. The van der Waals surface area contributed by atoms with Crippen LogP contribution in [-0.2, 0) is 0 Å². The average molecular weight is 267 g/mol. The molecule has 2 aromatic carbocycles. The maximum absolute atomic E-state index is 5.57. The van der Waals surface area contributed by atoms with Crippen molar-refractivity contribution in [3.63, 3.8) is 0 Å². The highest BCUT2D eigenvalue weighted by molar-refractivity contribution is 5.57. The number of nitrogens with one attached hydrogen (secondary N) is 1. The van der Waals surface area contributed by atoms with Gasteiger partial charge in [0.15, 0.2) is 0 Å². The van der Waals surface area contributed by atoms with E-state index < -0.39 is 0 Å². The predicted octanol–water partition coefficient (Wildman–Crippen LogP) is 3.49. The molecule has 0 atom stereocenters. The van der Waals surface area contributed by atoms with Crippen LogP contribution in [0.3, 0.4) is 0 Å². The fourth-order valence-corrected chi connectivity index (χ4v) is 1.77. The van der Waals surface area contributed by atoms with Crippen molar-refractivity contribution in [2.24, 2.45) is 0 Å².